The van der Waals surface area contributed by atoms with Crippen LogP contribution in [0.15, 0.2) is 54.7 Å². The number of carbonyl (C=O) groups excluding carboxylic acids is 2. The number of hydrogen-bond donors (Lipinski definition) is 2. The minimum Gasteiger partial charge on any atom is -0.349 e. The molecule has 0 radical (unpaired) electrons. The van der Waals surface area contributed by atoms with E-state index in [4.69, 9.17) is 0 Å². The zero-order valence-corrected chi connectivity index (χ0v) is 18.8. The second-order valence-electron chi connectivity index (χ2n) is 8.49. The monoisotopic (exact) mass is 449 g/mol. The number of rotatable bonds is 5. The number of imidazole rings is 1. The van der Waals surface area contributed by atoms with Gasteiger partial charge in [0.2, 0.25) is 5.91 Å². The molecule has 7 nitrogen and oxygen atoms in total. The number of halogens is 1. The first kappa shape index (κ1) is 22.5. The fourth-order valence-electron chi connectivity index (χ4n) is 4.00. The number of anilines is 1. The van der Waals surface area contributed by atoms with Crippen molar-refractivity contribution in [1.82, 2.24) is 19.8 Å². The highest BCUT2D eigenvalue weighted by Gasteiger charge is 2.30. The largest absolute Gasteiger partial charge is 0.349 e. The van der Waals surface area contributed by atoms with E-state index in [9.17, 15) is 14.0 Å². The van der Waals surface area contributed by atoms with Crippen LogP contribution >= 0.6 is 0 Å². The van der Waals surface area contributed by atoms with Crippen LogP contribution < -0.4 is 5.32 Å². The Morgan fingerprint density at radius 3 is 2.70 bits per heavy atom. The molecule has 8 heteroatoms. The van der Waals surface area contributed by atoms with Gasteiger partial charge in [0.05, 0.1) is 24.4 Å². The van der Waals surface area contributed by atoms with Gasteiger partial charge in [0, 0.05) is 31.9 Å². The molecular formula is C25H28FN5O2. The first-order chi connectivity index (χ1) is 15.9. The minimum absolute atomic E-state index is 0.0269. The van der Waals surface area contributed by atoms with E-state index in [0.29, 0.717) is 30.0 Å². The predicted octanol–water partition coefficient (Wildman–Crippen LogP) is 4.61. The topological polar surface area (TPSA) is 81.3 Å². The Bertz CT molecular complexity index is 1130. The van der Waals surface area contributed by atoms with Gasteiger partial charge in [-0.3, -0.25) is 4.79 Å². The van der Waals surface area contributed by atoms with Crippen molar-refractivity contribution in [2.24, 2.45) is 0 Å². The highest BCUT2D eigenvalue weighted by molar-refractivity contribution is 5.89. The Kier molecular flexibility index (Phi) is 6.72. The highest BCUT2D eigenvalue weighted by atomic mass is 19.1. The van der Waals surface area contributed by atoms with E-state index >= 15 is 0 Å². The van der Waals surface area contributed by atoms with Gasteiger partial charge in [0.1, 0.15) is 11.6 Å². The normalized spacial score (nSPS) is 15.8. The summed E-state index contributed by atoms with van der Waals surface area (Å²) in [7, 11) is 3.46. The van der Waals surface area contributed by atoms with Crippen molar-refractivity contribution in [2.45, 2.75) is 31.7 Å². The van der Waals surface area contributed by atoms with Gasteiger partial charge in [0.15, 0.2) is 0 Å². The molecule has 0 unspecified atom stereocenters. The Hall–Kier alpha value is -3.68. The quantitative estimate of drug-likeness (QED) is 0.597. The van der Waals surface area contributed by atoms with Crippen LogP contribution in [0.3, 0.4) is 0 Å². The SMILES string of the molecule is CN(C)C(=O)Cc1ccc(NC(=O)N2CCCC[C@H]2c2ncc(-c3cccc(F)c3)[nH]2)cc1. The predicted molar refractivity (Wildman–Crippen MR) is 125 cm³/mol. The number of likely N-dealkylation sites (tertiary alicyclic amines) is 1. The Labute approximate surface area is 192 Å². The number of H-pyrrole nitrogens is 1. The molecule has 2 aromatic carbocycles. The molecule has 0 spiro atoms. The fourth-order valence-corrected chi connectivity index (χ4v) is 4.00. The number of hydrogen-bond acceptors (Lipinski definition) is 3. The van der Waals surface area contributed by atoms with Crippen LogP contribution in [0.5, 0.6) is 0 Å². The second-order valence-corrected chi connectivity index (χ2v) is 8.49. The van der Waals surface area contributed by atoms with Gasteiger partial charge in [-0.1, -0.05) is 24.3 Å². The summed E-state index contributed by atoms with van der Waals surface area (Å²) in [4.78, 5) is 36.1. The summed E-state index contributed by atoms with van der Waals surface area (Å²) in [6, 6.07) is 13.3. The first-order valence-electron chi connectivity index (χ1n) is 11.1. The lowest BCUT2D eigenvalue weighted by molar-refractivity contribution is -0.127. The van der Waals surface area contributed by atoms with Gasteiger partial charge >= 0.3 is 6.03 Å². The molecule has 1 aliphatic rings. The first-order valence-corrected chi connectivity index (χ1v) is 11.1. The number of amides is 3. The second kappa shape index (κ2) is 9.85. The maximum Gasteiger partial charge on any atom is 0.322 e. The van der Waals surface area contributed by atoms with E-state index in [1.165, 1.54) is 12.1 Å². The lowest BCUT2D eigenvalue weighted by Gasteiger charge is -2.34. The number of piperidine rings is 1. The van der Waals surface area contributed by atoms with Crippen LogP contribution in [0.2, 0.25) is 0 Å². The molecule has 2 heterocycles. The number of benzene rings is 2. The van der Waals surface area contributed by atoms with Crippen molar-refractivity contribution in [3.8, 4) is 11.3 Å². The molecule has 2 N–H and O–H groups in total. The molecule has 1 saturated heterocycles. The number of aromatic nitrogens is 2. The van der Waals surface area contributed by atoms with Gasteiger partial charge in [-0.15, -0.1) is 0 Å². The lowest BCUT2D eigenvalue weighted by Crippen LogP contribution is -2.41. The molecule has 3 aromatic rings. The number of nitrogens with zero attached hydrogens (tertiary/aromatic N) is 3. The zero-order valence-electron chi connectivity index (χ0n) is 18.8. The van der Waals surface area contributed by atoms with Crippen molar-refractivity contribution in [3.05, 3.63) is 71.9 Å². The molecule has 4 rings (SSSR count). The summed E-state index contributed by atoms with van der Waals surface area (Å²) in [6.07, 6.45) is 4.73. The van der Waals surface area contributed by atoms with Crippen LogP contribution in [0.1, 0.15) is 36.7 Å². The van der Waals surface area contributed by atoms with E-state index in [1.807, 2.05) is 30.3 Å². The summed E-state index contributed by atoms with van der Waals surface area (Å²) >= 11 is 0. The number of nitrogens with one attached hydrogen (secondary N) is 2. The summed E-state index contributed by atoms with van der Waals surface area (Å²) in [6.45, 7) is 0.627. The van der Waals surface area contributed by atoms with E-state index in [2.05, 4.69) is 15.3 Å². The maximum atomic E-state index is 13.6. The van der Waals surface area contributed by atoms with Gasteiger partial charge in [-0.25, -0.2) is 14.2 Å². The maximum absolute atomic E-state index is 13.6. The number of aromatic amines is 1. The number of likely N-dealkylation sites (N-methyl/N-ethyl adjacent to an activating group) is 1. The van der Waals surface area contributed by atoms with Crippen molar-refractivity contribution >= 4 is 17.6 Å². The van der Waals surface area contributed by atoms with E-state index in [1.54, 1.807) is 36.2 Å². The van der Waals surface area contributed by atoms with Gasteiger partial charge in [-0.05, 0) is 49.1 Å². The van der Waals surface area contributed by atoms with Crippen molar-refractivity contribution in [1.29, 1.82) is 0 Å². The van der Waals surface area contributed by atoms with E-state index < -0.39 is 0 Å². The van der Waals surface area contributed by atoms with E-state index in [-0.39, 0.29) is 23.8 Å². The lowest BCUT2D eigenvalue weighted by atomic mass is 10.0. The fraction of sp³-hybridized carbons (Fsp3) is 0.320. The van der Waals surface area contributed by atoms with Crippen LogP contribution in [-0.2, 0) is 11.2 Å². The Balaban J connectivity index is 1.45. The van der Waals surface area contributed by atoms with Crippen molar-refractivity contribution < 1.29 is 14.0 Å². The third-order valence-electron chi connectivity index (χ3n) is 5.87. The Morgan fingerprint density at radius 1 is 1.18 bits per heavy atom. The smallest absolute Gasteiger partial charge is 0.322 e. The number of urea groups is 1. The zero-order chi connectivity index (χ0) is 23.4. The summed E-state index contributed by atoms with van der Waals surface area (Å²) in [5, 5.41) is 2.96. The summed E-state index contributed by atoms with van der Waals surface area (Å²) < 4.78 is 13.6. The van der Waals surface area contributed by atoms with E-state index in [0.717, 1.165) is 30.5 Å². The van der Waals surface area contributed by atoms with Crippen LogP contribution in [-0.4, -0.2) is 52.3 Å². The van der Waals surface area contributed by atoms with Gasteiger partial charge in [-0.2, -0.15) is 0 Å². The molecule has 1 atom stereocenters. The van der Waals surface area contributed by atoms with Crippen molar-refractivity contribution in [3.63, 3.8) is 0 Å². The summed E-state index contributed by atoms with van der Waals surface area (Å²) in [5.41, 5.74) is 3.00. The molecule has 0 bridgehead atoms. The molecule has 172 valence electrons. The average Bonchev–Trinajstić information content (AvgIpc) is 3.30. The molecule has 33 heavy (non-hydrogen) atoms. The average molecular weight is 450 g/mol. The minimum atomic E-state index is -0.306. The standard InChI is InChI=1S/C25H28FN5O2/c1-30(2)23(32)14-17-9-11-20(12-10-17)28-25(33)31-13-4-3-8-22(31)24-27-16-21(29-24)18-6-5-7-19(26)15-18/h5-7,9-12,15-16,22H,3-4,8,13-14H2,1-2H3,(H,27,29)(H,28,33)/t22-/m0/s1. The van der Waals surface area contributed by atoms with Crippen LogP contribution in [0.25, 0.3) is 11.3 Å². The summed E-state index contributed by atoms with van der Waals surface area (Å²) in [5.74, 6) is 0.417. The van der Waals surface area contributed by atoms with Crippen LogP contribution in [0.4, 0.5) is 14.9 Å². The Morgan fingerprint density at radius 2 is 1.97 bits per heavy atom. The third kappa shape index (κ3) is 5.39. The molecule has 1 aliphatic heterocycles. The van der Waals surface area contributed by atoms with Gasteiger partial charge < -0.3 is 20.1 Å². The molecular weight excluding hydrogens is 421 g/mol. The van der Waals surface area contributed by atoms with Gasteiger partial charge in [0.25, 0.3) is 0 Å². The highest BCUT2D eigenvalue weighted by Crippen LogP contribution is 2.31. The molecule has 0 aliphatic carbocycles. The number of carbonyl (C=O) groups is 2. The molecule has 0 saturated carbocycles. The third-order valence-corrected chi connectivity index (χ3v) is 5.87. The molecule has 1 fully saturated rings. The molecule has 3 amide bonds. The van der Waals surface area contributed by atoms with Crippen molar-refractivity contribution in [2.75, 3.05) is 26.0 Å². The molecule has 1 aromatic heterocycles. The van der Waals surface area contributed by atoms with Crippen LogP contribution in [0, 0.1) is 5.82 Å².